The van der Waals surface area contributed by atoms with E-state index in [-0.39, 0.29) is 23.9 Å². The molecule has 0 aliphatic heterocycles. The van der Waals surface area contributed by atoms with Crippen molar-refractivity contribution in [1.82, 2.24) is 14.5 Å². The number of imidazole rings is 1. The molecule has 1 heterocycles. The van der Waals surface area contributed by atoms with Crippen molar-refractivity contribution in [3.05, 3.63) is 59.9 Å². The molecule has 0 saturated carbocycles. The summed E-state index contributed by atoms with van der Waals surface area (Å²) in [6.07, 6.45) is 1.34. The van der Waals surface area contributed by atoms with Crippen LogP contribution < -0.4 is 5.32 Å². The quantitative estimate of drug-likeness (QED) is 0.780. The van der Waals surface area contributed by atoms with E-state index < -0.39 is 11.6 Å². The lowest BCUT2D eigenvalue weighted by molar-refractivity contribution is -0.116. The van der Waals surface area contributed by atoms with Gasteiger partial charge in [0.05, 0.1) is 17.4 Å². The minimum absolute atomic E-state index is 0.132. The fourth-order valence-electron chi connectivity index (χ4n) is 2.52. The van der Waals surface area contributed by atoms with E-state index in [1.807, 2.05) is 0 Å². The summed E-state index contributed by atoms with van der Waals surface area (Å²) in [5.74, 6) is -2.56. The molecule has 0 saturated heterocycles. The third-order valence-corrected chi connectivity index (χ3v) is 3.78. The molecule has 134 valence electrons. The number of rotatable bonds is 4. The van der Waals surface area contributed by atoms with E-state index >= 15 is 0 Å². The number of hydrogen-bond donors (Lipinski definition) is 1. The Bertz CT molecular complexity index is 998. The zero-order valence-corrected chi connectivity index (χ0v) is 14.2. The van der Waals surface area contributed by atoms with Crippen LogP contribution in [-0.2, 0) is 11.3 Å². The molecule has 0 fully saturated rings. The molecular formula is C18H16F2N4O2. The highest BCUT2D eigenvalue weighted by atomic mass is 19.2. The maximum Gasteiger partial charge on any atom is 0.253 e. The normalized spacial score (nSPS) is 10.8. The molecule has 1 aromatic heterocycles. The molecule has 3 rings (SSSR count). The number of nitrogens with one attached hydrogen (secondary N) is 1. The van der Waals surface area contributed by atoms with Crippen LogP contribution in [0.4, 0.5) is 14.5 Å². The Hall–Kier alpha value is -3.29. The van der Waals surface area contributed by atoms with Crippen LogP contribution in [0.3, 0.4) is 0 Å². The summed E-state index contributed by atoms with van der Waals surface area (Å²) in [5.41, 5.74) is 1.48. The molecule has 8 heteroatoms. The number of benzene rings is 2. The first kappa shape index (κ1) is 17.5. The second-order valence-electron chi connectivity index (χ2n) is 5.96. The van der Waals surface area contributed by atoms with E-state index in [1.165, 1.54) is 15.8 Å². The summed E-state index contributed by atoms with van der Waals surface area (Å²) in [4.78, 5) is 29.6. The molecule has 1 N–H and O–H groups in total. The van der Waals surface area contributed by atoms with Crippen LogP contribution in [0.15, 0.2) is 42.7 Å². The second-order valence-corrected chi connectivity index (χ2v) is 5.96. The smallest absolute Gasteiger partial charge is 0.253 e. The van der Waals surface area contributed by atoms with Crippen molar-refractivity contribution in [2.45, 2.75) is 6.54 Å². The first-order valence-electron chi connectivity index (χ1n) is 7.76. The van der Waals surface area contributed by atoms with Gasteiger partial charge in [0, 0.05) is 37.5 Å². The molecule has 0 aliphatic carbocycles. The SMILES string of the molecule is CN(C)C(=O)c1cccc(NC(=O)Cn2cnc3cc(F)c(F)cc32)c1. The number of aromatic nitrogens is 2. The Balaban J connectivity index is 1.77. The number of carbonyl (C=O) groups is 2. The highest BCUT2D eigenvalue weighted by Crippen LogP contribution is 2.18. The van der Waals surface area contributed by atoms with Crippen LogP contribution in [0.1, 0.15) is 10.4 Å². The summed E-state index contributed by atoms with van der Waals surface area (Å²) in [5, 5.41) is 2.68. The standard InChI is InChI=1S/C18H16F2N4O2/c1-23(2)18(26)11-4-3-5-12(6-11)22-17(25)9-24-10-21-15-7-13(19)14(20)8-16(15)24/h3-8,10H,9H2,1-2H3,(H,22,25). The summed E-state index contributed by atoms with van der Waals surface area (Å²) >= 11 is 0. The van der Waals surface area contributed by atoms with Gasteiger partial charge in [0.1, 0.15) is 6.54 Å². The van der Waals surface area contributed by atoms with Crippen LogP contribution in [0.5, 0.6) is 0 Å². The molecule has 0 bridgehead atoms. The highest BCUT2D eigenvalue weighted by molar-refractivity contribution is 5.97. The van der Waals surface area contributed by atoms with Crippen molar-refractivity contribution in [3.63, 3.8) is 0 Å². The number of fused-ring (bicyclic) bond motifs is 1. The zero-order valence-electron chi connectivity index (χ0n) is 14.2. The van der Waals surface area contributed by atoms with Gasteiger partial charge < -0.3 is 14.8 Å². The lowest BCUT2D eigenvalue weighted by Crippen LogP contribution is -2.22. The van der Waals surface area contributed by atoms with Crippen molar-refractivity contribution in [2.24, 2.45) is 0 Å². The topological polar surface area (TPSA) is 67.2 Å². The Labute approximate surface area is 148 Å². The van der Waals surface area contributed by atoms with Crippen LogP contribution in [0.25, 0.3) is 11.0 Å². The van der Waals surface area contributed by atoms with Gasteiger partial charge in [0.15, 0.2) is 11.6 Å². The van der Waals surface area contributed by atoms with Gasteiger partial charge in [0.25, 0.3) is 5.91 Å². The largest absolute Gasteiger partial charge is 0.345 e. The minimum atomic E-state index is -1.01. The molecule has 6 nitrogen and oxygen atoms in total. The van der Waals surface area contributed by atoms with Gasteiger partial charge in [-0.05, 0) is 18.2 Å². The number of nitrogens with zero attached hydrogens (tertiary/aromatic N) is 3. The molecule has 3 aromatic rings. The fraction of sp³-hybridized carbons (Fsp3) is 0.167. The van der Waals surface area contributed by atoms with Crippen molar-refractivity contribution >= 4 is 28.5 Å². The molecule has 2 amide bonds. The van der Waals surface area contributed by atoms with Crippen LogP contribution in [0, 0.1) is 11.6 Å². The average molecular weight is 358 g/mol. The second kappa shape index (κ2) is 6.91. The predicted octanol–water partition coefficient (Wildman–Crippen LogP) is 2.66. The number of anilines is 1. The average Bonchev–Trinajstić information content (AvgIpc) is 2.96. The van der Waals surface area contributed by atoms with Crippen molar-refractivity contribution in [3.8, 4) is 0 Å². The molecule has 2 aromatic carbocycles. The summed E-state index contributed by atoms with van der Waals surface area (Å²) in [7, 11) is 3.28. The number of amides is 2. The van der Waals surface area contributed by atoms with Crippen LogP contribution in [-0.4, -0.2) is 40.4 Å². The van der Waals surface area contributed by atoms with Gasteiger partial charge in [-0.25, -0.2) is 13.8 Å². The molecule has 0 unspecified atom stereocenters. The lowest BCUT2D eigenvalue weighted by atomic mass is 10.2. The fourth-order valence-corrected chi connectivity index (χ4v) is 2.52. The summed E-state index contributed by atoms with van der Waals surface area (Å²) in [6, 6.07) is 8.53. The Kier molecular flexibility index (Phi) is 4.66. The van der Waals surface area contributed by atoms with Gasteiger partial charge in [-0.1, -0.05) is 6.07 Å². The first-order chi connectivity index (χ1) is 12.3. The van der Waals surface area contributed by atoms with Gasteiger partial charge in [-0.2, -0.15) is 0 Å². The van der Waals surface area contributed by atoms with E-state index in [2.05, 4.69) is 10.3 Å². The van der Waals surface area contributed by atoms with E-state index in [4.69, 9.17) is 0 Å². The first-order valence-corrected chi connectivity index (χ1v) is 7.76. The lowest BCUT2D eigenvalue weighted by Gasteiger charge is -2.12. The van der Waals surface area contributed by atoms with Crippen LogP contribution >= 0.6 is 0 Å². The molecule has 0 aliphatic rings. The molecule has 0 radical (unpaired) electrons. The monoisotopic (exact) mass is 358 g/mol. The maximum atomic E-state index is 13.4. The number of carbonyl (C=O) groups excluding carboxylic acids is 2. The summed E-state index contributed by atoms with van der Waals surface area (Å²) in [6.45, 7) is -0.132. The zero-order chi connectivity index (χ0) is 18.8. The van der Waals surface area contributed by atoms with Gasteiger partial charge >= 0.3 is 0 Å². The summed E-state index contributed by atoms with van der Waals surface area (Å²) < 4.78 is 28.1. The highest BCUT2D eigenvalue weighted by Gasteiger charge is 2.13. The van der Waals surface area contributed by atoms with E-state index in [1.54, 1.807) is 38.4 Å². The van der Waals surface area contributed by atoms with Crippen molar-refractivity contribution in [1.29, 1.82) is 0 Å². The third-order valence-electron chi connectivity index (χ3n) is 3.78. The predicted molar refractivity (Wildman–Crippen MR) is 92.7 cm³/mol. The van der Waals surface area contributed by atoms with Gasteiger partial charge in [-0.15, -0.1) is 0 Å². The Morgan fingerprint density at radius 2 is 1.88 bits per heavy atom. The molecule has 0 spiro atoms. The minimum Gasteiger partial charge on any atom is -0.345 e. The third kappa shape index (κ3) is 3.53. The van der Waals surface area contributed by atoms with Crippen molar-refractivity contribution < 1.29 is 18.4 Å². The van der Waals surface area contributed by atoms with E-state index in [0.717, 1.165) is 12.1 Å². The van der Waals surface area contributed by atoms with E-state index in [0.29, 0.717) is 16.8 Å². The van der Waals surface area contributed by atoms with Crippen LogP contribution in [0.2, 0.25) is 0 Å². The molecular weight excluding hydrogens is 342 g/mol. The van der Waals surface area contributed by atoms with E-state index in [9.17, 15) is 18.4 Å². The molecule has 0 atom stereocenters. The molecule has 26 heavy (non-hydrogen) atoms. The van der Waals surface area contributed by atoms with Gasteiger partial charge in [-0.3, -0.25) is 9.59 Å². The maximum absolute atomic E-state index is 13.4. The number of hydrogen-bond acceptors (Lipinski definition) is 3. The Morgan fingerprint density at radius 1 is 1.15 bits per heavy atom. The number of halogens is 2. The Morgan fingerprint density at radius 3 is 2.62 bits per heavy atom. The van der Waals surface area contributed by atoms with Crippen molar-refractivity contribution in [2.75, 3.05) is 19.4 Å². The van der Waals surface area contributed by atoms with Gasteiger partial charge in [0.2, 0.25) is 5.91 Å².